The van der Waals surface area contributed by atoms with Crippen molar-refractivity contribution >= 4 is 11.3 Å². The molecule has 2 rings (SSSR count). The van der Waals surface area contributed by atoms with E-state index in [4.69, 9.17) is 0 Å². The molecule has 0 spiro atoms. The normalized spacial score (nSPS) is 14.2. The van der Waals surface area contributed by atoms with E-state index < -0.39 is 0 Å². The zero-order chi connectivity index (χ0) is 15.7. The van der Waals surface area contributed by atoms with Gasteiger partial charge in [-0.1, -0.05) is 12.1 Å². The molecule has 3 heteroatoms. The Hall–Kier alpha value is -1.19. The number of aromatic nitrogens is 1. The zero-order valence-electron chi connectivity index (χ0n) is 14.2. The third-order valence-electron chi connectivity index (χ3n) is 4.18. The van der Waals surface area contributed by atoms with Crippen LogP contribution in [0.3, 0.4) is 0 Å². The molecular formula is C18H26N2S. The predicted octanol–water partition coefficient (Wildman–Crippen LogP) is 5.10. The van der Waals surface area contributed by atoms with Gasteiger partial charge >= 0.3 is 0 Å². The fourth-order valence-corrected chi connectivity index (χ4v) is 3.88. The number of aryl methyl sites for hydroxylation is 5. The zero-order valence-corrected chi connectivity index (χ0v) is 15.0. The standard InChI is InChI=1S/C18H26N2S/c1-10-8-12(3)17(9-11(10)2)13(4)19-14(5)18-15(6)20-16(7)21-18/h8-9,13-14,19H,1-7H3. The molecule has 21 heavy (non-hydrogen) atoms. The molecule has 0 radical (unpaired) electrons. The quantitative estimate of drug-likeness (QED) is 0.850. The van der Waals surface area contributed by atoms with Gasteiger partial charge in [0.1, 0.15) is 0 Å². The van der Waals surface area contributed by atoms with Crippen LogP contribution in [0, 0.1) is 34.6 Å². The van der Waals surface area contributed by atoms with Gasteiger partial charge in [-0.2, -0.15) is 0 Å². The third kappa shape index (κ3) is 3.53. The highest BCUT2D eigenvalue weighted by Crippen LogP contribution is 2.28. The SMILES string of the molecule is Cc1nc(C)c(C(C)NC(C)c2cc(C)c(C)cc2C)s1. The number of hydrogen-bond donors (Lipinski definition) is 1. The van der Waals surface area contributed by atoms with Crippen LogP contribution in [0.2, 0.25) is 0 Å². The molecule has 0 aliphatic heterocycles. The second-order valence-electron chi connectivity index (χ2n) is 6.09. The average molecular weight is 302 g/mol. The average Bonchev–Trinajstić information content (AvgIpc) is 2.72. The van der Waals surface area contributed by atoms with E-state index in [0.29, 0.717) is 12.1 Å². The largest absolute Gasteiger partial charge is 0.303 e. The number of rotatable bonds is 4. The Labute approximate surface area is 132 Å². The van der Waals surface area contributed by atoms with Crippen LogP contribution >= 0.6 is 11.3 Å². The molecule has 114 valence electrons. The van der Waals surface area contributed by atoms with E-state index in [-0.39, 0.29) is 0 Å². The number of hydrogen-bond acceptors (Lipinski definition) is 3. The van der Waals surface area contributed by atoms with Gasteiger partial charge in [0, 0.05) is 17.0 Å². The van der Waals surface area contributed by atoms with Gasteiger partial charge in [-0.05, 0) is 70.7 Å². The van der Waals surface area contributed by atoms with Crippen LogP contribution in [-0.4, -0.2) is 4.98 Å². The first-order valence-corrected chi connectivity index (χ1v) is 8.39. The summed E-state index contributed by atoms with van der Waals surface area (Å²) >= 11 is 1.80. The van der Waals surface area contributed by atoms with E-state index in [2.05, 4.69) is 70.9 Å². The molecule has 0 saturated heterocycles. The van der Waals surface area contributed by atoms with Crippen molar-refractivity contribution in [1.82, 2.24) is 10.3 Å². The second-order valence-corrected chi connectivity index (χ2v) is 7.32. The van der Waals surface area contributed by atoms with Gasteiger partial charge < -0.3 is 5.32 Å². The van der Waals surface area contributed by atoms with Crippen molar-refractivity contribution in [3.8, 4) is 0 Å². The maximum atomic E-state index is 4.53. The predicted molar refractivity (Wildman–Crippen MR) is 92.2 cm³/mol. The number of nitrogens with one attached hydrogen (secondary N) is 1. The summed E-state index contributed by atoms with van der Waals surface area (Å²) < 4.78 is 0. The molecule has 2 aromatic rings. The van der Waals surface area contributed by atoms with Crippen molar-refractivity contribution < 1.29 is 0 Å². The van der Waals surface area contributed by atoms with Crippen molar-refractivity contribution in [3.05, 3.63) is 50.0 Å². The molecular weight excluding hydrogens is 276 g/mol. The van der Waals surface area contributed by atoms with Crippen LogP contribution in [0.5, 0.6) is 0 Å². The maximum Gasteiger partial charge on any atom is 0.0900 e. The Balaban J connectivity index is 2.20. The molecule has 0 bridgehead atoms. The van der Waals surface area contributed by atoms with E-state index in [1.807, 2.05) is 0 Å². The van der Waals surface area contributed by atoms with Gasteiger partial charge in [-0.25, -0.2) is 4.98 Å². The molecule has 2 atom stereocenters. The highest BCUT2D eigenvalue weighted by molar-refractivity contribution is 7.11. The number of benzene rings is 1. The molecule has 1 N–H and O–H groups in total. The van der Waals surface area contributed by atoms with E-state index in [0.717, 1.165) is 10.7 Å². The third-order valence-corrected chi connectivity index (χ3v) is 5.44. The molecule has 0 amide bonds. The molecule has 1 aromatic carbocycles. The minimum atomic E-state index is 0.326. The van der Waals surface area contributed by atoms with Crippen LogP contribution in [0.15, 0.2) is 12.1 Å². The van der Waals surface area contributed by atoms with Crippen LogP contribution in [-0.2, 0) is 0 Å². The van der Waals surface area contributed by atoms with Crippen molar-refractivity contribution in [2.45, 2.75) is 60.5 Å². The molecule has 1 heterocycles. The smallest absolute Gasteiger partial charge is 0.0900 e. The highest BCUT2D eigenvalue weighted by Gasteiger charge is 2.17. The van der Waals surface area contributed by atoms with Gasteiger partial charge in [0.25, 0.3) is 0 Å². The Kier molecular flexibility index (Phi) is 4.84. The summed E-state index contributed by atoms with van der Waals surface area (Å²) in [6.07, 6.45) is 0. The molecule has 0 fully saturated rings. The molecule has 2 unspecified atom stereocenters. The van der Waals surface area contributed by atoms with E-state index in [9.17, 15) is 0 Å². The van der Waals surface area contributed by atoms with Gasteiger partial charge in [-0.3, -0.25) is 0 Å². The summed E-state index contributed by atoms with van der Waals surface area (Å²) in [4.78, 5) is 5.88. The van der Waals surface area contributed by atoms with Crippen LogP contribution < -0.4 is 5.32 Å². The van der Waals surface area contributed by atoms with Crippen LogP contribution in [0.4, 0.5) is 0 Å². The first-order valence-electron chi connectivity index (χ1n) is 7.57. The highest BCUT2D eigenvalue weighted by atomic mass is 32.1. The minimum Gasteiger partial charge on any atom is -0.303 e. The lowest BCUT2D eigenvalue weighted by atomic mass is 9.96. The van der Waals surface area contributed by atoms with Crippen LogP contribution in [0.25, 0.3) is 0 Å². The maximum absolute atomic E-state index is 4.53. The topological polar surface area (TPSA) is 24.9 Å². The Morgan fingerprint density at radius 2 is 1.52 bits per heavy atom. The number of thiazole rings is 1. The lowest BCUT2D eigenvalue weighted by Crippen LogP contribution is -2.23. The monoisotopic (exact) mass is 302 g/mol. The summed E-state index contributed by atoms with van der Waals surface area (Å²) in [6, 6.07) is 5.27. The van der Waals surface area contributed by atoms with E-state index >= 15 is 0 Å². The van der Waals surface area contributed by atoms with E-state index in [1.54, 1.807) is 11.3 Å². The van der Waals surface area contributed by atoms with Crippen molar-refractivity contribution in [2.24, 2.45) is 0 Å². The molecule has 2 nitrogen and oxygen atoms in total. The second kappa shape index (κ2) is 6.29. The first kappa shape index (κ1) is 16.2. The van der Waals surface area contributed by atoms with Crippen molar-refractivity contribution in [2.75, 3.05) is 0 Å². The summed E-state index contributed by atoms with van der Waals surface area (Å²) in [5.41, 5.74) is 6.64. The van der Waals surface area contributed by atoms with Crippen molar-refractivity contribution in [3.63, 3.8) is 0 Å². The molecule has 0 saturated carbocycles. The Morgan fingerprint density at radius 1 is 0.905 bits per heavy atom. The molecule has 1 aromatic heterocycles. The molecule has 0 aliphatic carbocycles. The lowest BCUT2D eigenvalue weighted by Gasteiger charge is -2.22. The van der Waals surface area contributed by atoms with Gasteiger partial charge in [0.15, 0.2) is 0 Å². The summed E-state index contributed by atoms with van der Waals surface area (Å²) in [5, 5.41) is 4.87. The summed E-state index contributed by atoms with van der Waals surface area (Å²) in [6.45, 7) is 15.2. The Bertz CT molecular complexity index is 643. The fraction of sp³-hybridized carbons (Fsp3) is 0.500. The minimum absolute atomic E-state index is 0.326. The lowest BCUT2D eigenvalue weighted by molar-refractivity contribution is 0.496. The molecule has 0 aliphatic rings. The summed E-state index contributed by atoms with van der Waals surface area (Å²) in [7, 11) is 0. The first-order chi connectivity index (χ1) is 9.79. The Morgan fingerprint density at radius 3 is 2.10 bits per heavy atom. The van der Waals surface area contributed by atoms with Gasteiger partial charge in [0.2, 0.25) is 0 Å². The van der Waals surface area contributed by atoms with E-state index in [1.165, 1.54) is 27.1 Å². The van der Waals surface area contributed by atoms with Gasteiger partial charge in [-0.15, -0.1) is 11.3 Å². The number of nitrogens with zero attached hydrogens (tertiary/aromatic N) is 1. The van der Waals surface area contributed by atoms with Crippen LogP contribution in [0.1, 0.15) is 63.8 Å². The fourth-order valence-electron chi connectivity index (χ4n) is 2.94. The van der Waals surface area contributed by atoms with Crippen molar-refractivity contribution in [1.29, 1.82) is 0 Å². The summed E-state index contributed by atoms with van der Waals surface area (Å²) in [5.74, 6) is 0. The van der Waals surface area contributed by atoms with Gasteiger partial charge in [0.05, 0.1) is 10.7 Å².